The summed E-state index contributed by atoms with van der Waals surface area (Å²) < 4.78 is 37.8. The number of benzene rings is 1. The molecule has 0 aromatic heterocycles. The fourth-order valence-electron chi connectivity index (χ4n) is 2.16. The zero-order valence-electron chi connectivity index (χ0n) is 11.8. The van der Waals surface area contributed by atoms with Crippen LogP contribution in [-0.4, -0.2) is 40.8 Å². The number of fused-ring (bicyclic) bond motifs is 1. The Morgan fingerprint density at radius 2 is 1.86 bits per heavy atom. The zero-order chi connectivity index (χ0) is 14.7. The largest absolute Gasteiger partial charge is 0.486 e. The highest BCUT2D eigenvalue weighted by Gasteiger charge is 2.20. The van der Waals surface area contributed by atoms with Gasteiger partial charge in [-0.2, -0.15) is 0 Å². The Morgan fingerprint density at radius 1 is 1.10 bits per heavy atom. The van der Waals surface area contributed by atoms with Crippen molar-refractivity contribution in [2.24, 2.45) is 0 Å². The van der Waals surface area contributed by atoms with Crippen LogP contribution in [0.1, 0.15) is 19.3 Å². The lowest BCUT2D eigenvalue weighted by molar-refractivity contribution is 0.171. The Bertz CT molecular complexity index is 599. The lowest BCUT2D eigenvalue weighted by Crippen LogP contribution is -2.28. The molecule has 0 atom stereocenters. The second-order valence-corrected chi connectivity index (χ2v) is 7.05. The van der Waals surface area contributed by atoms with E-state index in [0.717, 1.165) is 13.0 Å². The quantitative estimate of drug-likeness (QED) is 0.731. The van der Waals surface area contributed by atoms with Crippen molar-refractivity contribution in [2.75, 3.05) is 26.3 Å². The molecule has 21 heavy (non-hydrogen) atoms. The van der Waals surface area contributed by atoms with Gasteiger partial charge in [-0.1, -0.05) is 0 Å². The minimum atomic E-state index is -3.49. The lowest BCUT2D eigenvalue weighted by atomic mass is 10.3. The van der Waals surface area contributed by atoms with Gasteiger partial charge in [-0.05, 0) is 37.9 Å². The normalized spacial score (nSPS) is 17.7. The highest BCUT2D eigenvalue weighted by Crippen LogP contribution is 2.32. The zero-order valence-corrected chi connectivity index (χ0v) is 12.6. The molecule has 0 spiro atoms. The van der Waals surface area contributed by atoms with E-state index >= 15 is 0 Å². The first-order chi connectivity index (χ1) is 10.1. The fraction of sp³-hybridized carbons (Fsp3) is 0.571. The van der Waals surface area contributed by atoms with Crippen LogP contribution in [0, 0.1) is 0 Å². The number of ether oxygens (including phenoxy) is 2. The van der Waals surface area contributed by atoms with E-state index < -0.39 is 10.0 Å². The van der Waals surface area contributed by atoms with Gasteiger partial charge in [0.15, 0.2) is 11.5 Å². The number of sulfonamides is 1. The van der Waals surface area contributed by atoms with Crippen molar-refractivity contribution >= 4 is 10.0 Å². The second-order valence-electron chi connectivity index (χ2n) is 5.29. The maximum Gasteiger partial charge on any atom is 0.240 e. The first-order valence-corrected chi connectivity index (χ1v) is 8.76. The molecule has 116 valence electrons. The second kappa shape index (κ2) is 6.21. The molecule has 0 amide bonds. The van der Waals surface area contributed by atoms with Crippen LogP contribution in [0.15, 0.2) is 23.1 Å². The van der Waals surface area contributed by atoms with Crippen LogP contribution in [0.5, 0.6) is 11.5 Å². The summed E-state index contributed by atoms with van der Waals surface area (Å²) in [6.07, 6.45) is 3.26. The predicted octanol–water partition coefficient (Wildman–Crippen LogP) is 0.878. The van der Waals surface area contributed by atoms with Gasteiger partial charge in [0.05, 0.1) is 4.90 Å². The molecule has 2 aliphatic rings. The van der Waals surface area contributed by atoms with Gasteiger partial charge >= 0.3 is 0 Å². The molecule has 2 N–H and O–H groups in total. The van der Waals surface area contributed by atoms with Crippen molar-refractivity contribution in [3.63, 3.8) is 0 Å². The van der Waals surface area contributed by atoms with Gasteiger partial charge in [0.25, 0.3) is 0 Å². The first kappa shape index (κ1) is 14.6. The summed E-state index contributed by atoms with van der Waals surface area (Å²) in [6, 6.07) is 5.34. The van der Waals surface area contributed by atoms with Crippen LogP contribution >= 0.6 is 0 Å². The highest BCUT2D eigenvalue weighted by atomic mass is 32.2. The van der Waals surface area contributed by atoms with E-state index in [1.54, 1.807) is 6.07 Å². The number of rotatable bonds is 7. The predicted molar refractivity (Wildman–Crippen MR) is 78.3 cm³/mol. The molecule has 1 aliphatic carbocycles. The van der Waals surface area contributed by atoms with Crippen LogP contribution in [0.2, 0.25) is 0 Å². The molecule has 1 aromatic carbocycles. The SMILES string of the molecule is O=S(=O)(NCCCNC1CC1)c1ccc2c(c1)OCCO2. The van der Waals surface area contributed by atoms with Crippen LogP contribution < -0.4 is 19.5 Å². The van der Waals surface area contributed by atoms with Gasteiger partial charge in [-0.25, -0.2) is 13.1 Å². The van der Waals surface area contributed by atoms with E-state index in [-0.39, 0.29) is 4.90 Å². The molecule has 6 nitrogen and oxygen atoms in total. The molecule has 0 bridgehead atoms. The minimum absolute atomic E-state index is 0.210. The molecule has 1 aliphatic heterocycles. The summed E-state index contributed by atoms with van der Waals surface area (Å²) in [5.74, 6) is 1.08. The number of nitrogens with one attached hydrogen (secondary N) is 2. The smallest absolute Gasteiger partial charge is 0.240 e. The van der Waals surface area contributed by atoms with Crippen molar-refractivity contribution < 1.29 is 17.9 Å². The van der Waals surface area contributed by atoms with Gasteiger partial charge in [0.1, 0.15) is 13.2 Å². The molecular weight excluding hydrogens is 292 g/mol. The highest BCUT2D eigenvalue weighted by molar-refractivity contribution is 7.89. The Balaban J connectivity index is 1.55. The third-order valence-electron chi connectivity index (χ3n) is 3.48. The van der Waals surface area contributed by atoms with Crippen LogP contribution in [0.3, 0.4) is 0 Å². The molecule has 1 fully saturated rings. The van der Waals surface area contributed by atoms with E-state index in [2.05, 4.69) is 10.0 Å². The van der Waals surface area contributed by atoms with Crippen LogP contribution in [0.25, 0.3) is 0 Å². The van der Waals surface area contributed by atoms with Gasteiger partial charge in [-0.3, -0.25) is 0 Å². The Labute approximate surface area is 124 Å². The monoisotopic (exact) mass is 312 g/mol. The van der Waals surface area contributed by atoms with E-state index in [4.69, 9.17) is 9.47 Å². The van der Waals surface area contributed by atoms with Crippen molar-refractivity contribution in [2.45, 2.75) is 30.2 Å². The van der Waals surface area contributed by atoms with Gasteiger partial charge in [0, 0.05) is 18.7 Å². The maximum absolute atomic E-state index is 12.2. The molecule has 0 radical (unpaired) electrons. The summed E-state index contributed by atoms with van der Waals surface area (Å²) in [5.41, 5.74) is 0. The minimum Gasteiger partial charge on any atom is -0.486 e. The van der Waals surface area contributed by atoms with E-state index in [0.29, 0.717) is 37.3 Å². The van der Waals surface area contributed by atoms with Gasteiger partial charge in [0.2, 0.25) is 10.0 Å². The molecule has 1 aromatic rings. The fourth-order valence-corrected chi connectivity index (χ4v) is 3.25. The summed E-state index contributed by atoms with van der Waals surface area (Å²) in [6.45, 7) is 2.20. The lowest BCUT2D eigenvalue weighted by Gasteiger charge is -2.18. The summed E-state index contributed by atoms with van der Waals surface area (Å²) in [4.78, 5) is 0.210. The Hall–Kier alpha value is -1.31. The first-order valence-electron chi connectivity index (χ1n) is 7.28. The number of hydrogen-bond donors (Lipinski definition) is 2. The van der Waals surface area contributed by atoms with Crippen molar-refractivity contribution in [3.05, 3.63) is 18.2 Å². The Morgan fingerprint density at radius 3 is 2.62 bits per heavy atom. The molecule has 1 heterocycles. The van der Waals surface area contributed by atoms with E-state index in [1.807, 2.05) is 0 Å². The third-order valence-corrected chi connectivity index (χ3v) is 4.94. The van der Waals surface area contributed by atoms with E-state index in [1.165, 1.54) is 25.0 Å². The topological polar surface area (TPSA) is 76.7 Å². The average Bonchev–Trinajstić information content (AvgIpc) is 3.30. The summed E-state index contributed by atoms with van der Waals surface area (Å²) in [5, 5.41) is 3.35. The molecule has 1 saturated carbocycles. The van der Waals surface area contributed by atoms with Crippen molar-refractivity contribution in [1.29, 1.82) is 0 Å². The molecule has 0 unspecified atom stereocenters. The molecule has 0 saturated heterocycles. The van der Waals surface area contributed by atoms with Crippen LogP contribution in [0.4, 0.5) is 0 Å². The average molecular weight is 312 g/mol. The molecule has 7 heteroatoms. The van der Waals surface area contributed by atoms with Gasteiger partial charge < -0.3 is 14.8 Å². The molecular formula is C14H20N2O4S. The van der Waals surface area contributed by atoms with Gasteiger partial charge in [-0.15, -0.1) is 0 Å². The number of hydrogen-bond acceptors (Lipinski definition) is 5. The third kappa shape index (κ3) is 3.87. The van der Waals surface area contributed by atoms with E-state index in [9.17, 15) is 8.42 Å². The van der Waals surface area contributed by atoms with Crippen molar-refractivity contribution in [3.8, 4) is 11.5 Å². The van der Waals surface area contributed by atoms with Crippen LogP contribution in [-0.2, 0) is 10.0 Å². The molecule has 3 rings (SSSR count). The summed E-state index contributed by atoms with van der Waals surface area (Å²) >= 11 is 0. The maximum atomic E-state index is 12.2. The summed E-state index contributed by atoms with van der Waals surface area (Å²) in [7, 11) is -3.49. The van der Waals surface area contributed by atoms with Crippen molar-refractivity contribution in [1.82, 2.24) is 10.0 Å². The Kier molecular flexibility index (Phi) is 4.32. The standard InChI is InChI=1S/C14H20N2O4S/c17-21(18,16-7-1-6-15-11-2-3-11)12-4-5-13-14(10-12)20-9-8-19-13/h4-5,10-11,15-16H,1-3,6-9H2.